The average molecular weight is 313 g/mol. The van der Waals surface area contributed by atoms with E-state index < -0.39 is 0 Å². The molecule has 5 heteroatoms. The van der Waals surface area contributed by atoms with Gasteiger partial charge in [-0.3, -0.25) is 4.79 Å². The summed E-state index contributed by atoms with van der Waals surface area (Å²) < 4.78 is 1.75. The molecular weight excluding hydrogens is 290 g/mol. The molecule has 2 aromatic rings. The van der Waals surface area contributed by atoms with Crippen molar-refractivity contribution in [1.82, 2.24) is 14.7 Å². The molecule has 2 unspecified atom stereocenters. The first-order valence-corrected chi connectivity index (χ1v) is 8.16. The van der Waals surface area contributed by atoms with Crippen molar-refractivity contribution in [3.63, 3.8) is 0 Å². The van der Waals surface area contributed by atoms with Gasteiger partial charge in [-0.1, -0.05) is 18.2 Å². The Morgan fingerprint density at radius 1 is 1.43 bits per heavy atom. The maximum absolute atomic E-state index is 12.8. The van der Waals surface area contributed by atoms with Gasteiger partial charge >= 0.3 is 0 Å². The lowest BCUT2D eigenvalue weighted by atomic mass is 10.1. The SMILES string of the molecule is Cc1ccccc1-n1cc(C(=O)N2CCCC2CC(C)O)cn1. The summed E-state index contributed by atoms with van der Waals surface area (Å²) in [5, 5.41) is 14.0. The van der Waals surface area contributed by atoms with Gasteiger partial charge in [0.25, 0.3) is 5.91 Å². The molecule has 23 heavy (non-hydrogen) atoms. The quantitative estimate of drug-likeness (QED) is 0.944. The summed E-state index contributed by atoms with van der Waals surface area (Å²) in [5.41, 5.74) is 2.70. The molecule has 0 saturated carbocycles. The Bertz CT molecular complexity index is 693. The fraction of sp³-hybridized carbons (Fsp3) is 0.444. The van der Waals surface area contributed by atoms with E-state index in [9.17, 15) is 9.90 Å². The molecule has 1 amide bonds. The van der Waals surface area contributed by atoms with Gasteiger partial charge in [0.2, 0.25) is 0 Å². The zero-order chi connectivity index (χ0) is 16.4. The molecule has 1 N–H and O–H groups in total. The molecule has 1 aliphatic heterocycles. The van der Waals surface area contributed by atoms with E-state index in [2.05, 4.69) is 5.10 Å². The van der Waals surface area contributed by atoms with E-state index in [4.69, 9.17) is 0 Å². The van der Waals surface area contributed by atoms with Crippen LogP contribution in [0.15, 0.2) is 36.7 Å². The highest BCUT2D eigenvalue weighted by atomic mass is 16.3. The highest BCUT2D eigenvalue weighted by Crippen LogP contribution is 2.24. The Morgan fingerprint density at radius 2 is 2.22 bits per heavy atom. The Hall–Kier alpha value is -2.14. The second kappa shape index (κ2) is 6.54. The van der Waals surface area contributed by atoms with Crippen LogP contribution in [-0.2, 0) is 0 Å². The monoisotopic (exact) mass is 313 g/mol. The summed E-state index contributed by atoms with van der Waals surface area (Å²) >= 11 is 0. The van der Waals surface area contributed by atoms with E-state index in [1.54, 1.807) is 24.0 Å². The molecule has 0 spiro atoms. The molecule has 5 nitrogen and oxygen atoms in total. The van der Waals surface area contributed by atoms with Gasteiger partial charge in [0, 0.05) is 18.8 Å². The summed E-state index contributed by atoms with van der Waals surface area (Å²) in [6.07, 6.45) is 5.63. The molecule has 1 fully saturated rings. The third kappa shape index (κ3) is 3.29. The van der Waals surface area contributed by atoms with Crippen molar-refractivity contribution in [3.05, 3.63) is 47.8 Å². The first kappa shape index (κ1) is 15.7. The van der Waals surface area contributed by atoms with Gasteiger partial charge in [0.05, 0.1) is 23.6 Å². The molecule has 3 rings (SSSR count). The molecule has 0 radical (unpaired) electrons. The number of benzene rings is 1. The van der Waals surface area contributed by atoms with Crippen molar-refractivity contribution >= 4 is 5.91 Å². The molecule has 1 aromatic carbocycles. The summed E-state index contributed by atoms with van der Waals surface area (Å²) in [7, 11) is 0. The Balaban J connectivity index is 1.80. The van der Waals surface area contributed by atoms with Crippen molar-refractivity contribution in [3.8, 4) is 5.69 Å². The predicted molar refractivity (Wildman–Crippen MR) is 88.7 cm³/mol. The smallest absolute Gasteiger partial charge is 0.257 e. The molecule has 122 valence electrons. The summed E-state index contributed by atoms with van der Waals surface area (Å²) in [5.74, 6) is 0.00739. The normalized spacial score (nSPS) is 19.1. The Kier molecular flexibility index (Phi) is 4.48. The first-order valence-electron chi connectivity index (χ1n) is 8.16. The van der Waals surface area contributed by atoms with Crippen molar-refractivity contribution in [1.29, 1.82) is 0 Å². The lowest BCUT2D eigenvalue weighted by molar-refractivity contribution is 0.0682. The maximum Gasteiger partial charge on any atom is 0.257 e. The van der Waals surface area contributed by atoms with Crippen LogP contribution >= 0.6 is 0 Å². The summed E-state index contributed by atoms with van der Waals surface area (Å²) in [6, 6.07) is 8.09. The van der Waals surface area contributed by atoms with E-state index in [1.165, 1.54) is 0 Å². The van der Waals surface area contributed by atoms with Gasteiger partial charge in [-0.2, -0.15) is 5.10 Å². The minimum Gasteiger partial charge on any atom is -0.393 e. The number of hydrogen-bond acceptors (Lipinski definition) is 3. The number of aromatic nitrogens is 2. The molecule has 0 aliphatic carbocycles. The Labute approximate surface area is 136 Å². The molecule has 1 aromatic heterocycles. The van der Waals surface area contributed by atoms with Crippen molar-refractivity contribution in [2.24, 2.45) is 0 Å². The number of carbonyl (C=O) groups is 1. The number of rotatable bonds is 4. The number of likely N-dealkylation sites (tertiary alicyclic amines) is 1. The molecular formula is C18H23N3O2. The van der Waals surface area contributed by atoms with Crippen LogP contribution in [0.3, 0.4) is 0 Å². The number of aliphatic hydroxyl groups excluding tert-OH is 1. The largest absolute Gasteiger partial charge is 0.393 e. The third-order valence-corrected chi connectivity index (χ3v) is 4.44. The summed E-state index contributed by atoms with van der Waals surface area (Å²) in [6.45, 7) is 4.56. The van der Waals surface area contributed by atoms with Gasteiger partial charge in [-0.25, -0.2) is 4.68 Å². The van der Waals surface area contributed by atoms with Crippen molar-refractivity contribution in [2.75, 3.05) is 6.54 Å². The highest BCUT2D eigenvalue weighted by molar-refractivity contribution is 5.94. The minimum atomic E-state index is -0.386. The van der Waals surface area contributed by atoms with E-state index in [-0.39, 0.29) is 18.1 Å². The molecule has 1 aliphatic rings. The molecule has 1 saturated heterocycles. The standard InChI is InChI=1S/C18H23N3O2/c1-13-6-3-4-8-17(13)21-12-15(11-19-21)18(23)20-9-5-7-16(20)10-14(2)22/h3-4,6,8,11-12,14,16,22H,5,7,9-10H2,1-2H3. The number of amides is 1. The van der Waals surface area contributed by atoms with Crippen LogP contribution in [0.1, 0.15) is 42.1 Å². The fourth-order valence-corrected chi connectivity index (χ4v) is 3.29. The highest BCUT2D eigenvalue weighted by Gasteiger charge is 2.30. The number of para-hydroxylation sites is 1. The molecule has 2 atom stereocenters. The number of carbonyl (C=O) groups excluding carboxylic acids is 1. The van der Waals surface area contributed by atoms with Gasteiger partial charge in [0.1, 0.15) is 0 Å². The number of nitrogens with zero attached hydrogens (tertiary/aromatic N) is 3. The van der Waals surface area contributed by atoms with Crippen LogP contribution in [0.4, 0.5) is 0 Å². The third-order valence-electron chi connectivity index (χ3n) is 4.44. The molecule has 2 heterocycles. The van der Waals surface area contributed by atoms with Crippen LogP contribution < -0.4 is 0 Å². The number of aryl methyl sites for hydroxylation is 1. The van der Waals surface area contributed by atoms with E-state index in [1.807, 2.05) is 36.1 Å². The van der Waals surface area contributed by atoms with Gasteiger partial charge in [0.15, 0.2) is 0 Å². The molecule has 0 bridgehead atoms. The van der Waals surface area contributed by atoms with Gasteiger partial charge in [-0.15, -0.1) is 0 Å². The van der Waals surface area contributed by atoms with Crippen LogP contribution in [0.25, 0.3) is 5.69 Å². The van der Waals surface area contributed by atoms with Crippen LogP contribution in [0.5, 0.6) is 0 Å². The zero-order valence-electron chi connectivity index (χ0n) is 13.6. The second-order valence-electron chi connectivity index (χ2n) is 6.34. The van der Waals surface area contributed by atoms with E-state index in [0.717, 1.165) is 30.6 Å². The van der Waals surface area contributed by atoms with Crippen molar-refractivity contribution < 1.29 is 9.90 Å². The van der Waals surface area contributed by atoms with E-state index >= 15 is 0 Å². The lowest BCUT2D eigenvalue weighted by Gasteiger charge is -2.25. The first-order chi connectivity index (χ1) is 11.1. The van der Waals surface area contributed by atoms with Gasteiger partial charge < -0.3 is 10.0 Å². The second-order valence-corrected chi connectivity index (χ2v) is 6.34. The minimum absolute atomic E-state index is 0.00739. The number of hydrogen-bond donors (Lipinski definition) is 1. The summed E-state index contributed by atoms with van der Waals surface area (Å²) in [4.78, 5) is 14.6. The average Bonchev–Trinajstić information content (AvgIpc) is 3.16. The van der Waals surface area contributed by atoms with Crippen molar-refractivity contribution in [2.45, 2.75) is 45.3 Å². The number of aliphatic hydroxyl groups is 1. The lowest BCUT2D eigenvalue weighted by Crippen LogP contribution is -2.37. The maximum atomic E-state index is 12.8. The van der Waals surface area contributed by atoms with Crippen LogP contribution in [0, 0.1) is 6.92 Å². The zero-order valence-corrected chi connectivity index (χ0v) is 13.6. The predicted octanol–water partition coefficient (Wildman–Crippen LogP) is 2.56. The van der Waals surface area contributed by atoms with E-state index in [0.29, 0.717) is 12.0 Å². The fourth-order valence-electron chi connectivity index (χ4n) is 3.29. The van der Waals surface area contributed by atoms with Crippen LogP contribution in [0.2, 0.25) is 0 Å². The topological polar surface area (TPSA) is 58.4 Å². The van der Waals surface area contributed by atoms with Gasteiger partial charge in [-0.05, 0) is 44.7 Å². The van der Waals surface area contributed by atoms with Crippen LogP contribution in [-0.4, -0.2) is 44.4 Å². The Morgan fingerprint density at radius 3 is 2.96 bits per heavy atom.